The van der Waals surface area contributed by atoms with E-state index < -0.39 is 14.5 Å². The summed E-state index contributed by atoms with van der Waals surface area (Å²) in [4.78, 5) is 0. The fourth-order valence-electron chi connectivity index (χ4n) is 1.51. The second kappa shape index (κ2) is 9.24. The Morgan fingerprint density at radius 1 is 1.07 bits per heavy atom. The van der Waals surface area contributed by atoms with E-state index in [1.165, 1.54) is 16.1 Å². The zero-order chi connectivity index (χ0) is 10.2. The van der Waals surface area contributed by atoms with Crippen LogP contribution in [0.1, 0.15) is 19.4 Å². The molecule has 0 aliphatic rings. The average Bonchev–Trinajstić information content (AvgIpc) is 2.26. The summed E-state index contributed by atoms with van der Waals surface area (Å²) in [6, 6.07) is 10.6. The highest BCUT2D eigenvalue weighted by Gasteiger charge is 2.13. The molecular weight excluding hydrogens is 223 g/mol. The topological polar surface area (TPSA) is 9.23 Å². The molecule has 0 amide bonds. The molecule has 1 nitrogen and oxygen atoms in total. The van der Waals surface area contributed by atoms with Crippen LogP contribution < -0.4 is 0 Å². The minimum atomic E-state index is -0.833. The van der Waals surface area contributed by atoms with Crippen molar-refractivity contribution >= 4 is 26.9 Å². The summed E-state index contributed by atoms with van der Waals surface area (Å²) in [5.74, 6) is 0. The Hall–Kier alpha value is 0.00247. The quantitative estimate of drug-likeness (QED) is 0.692. The zero-order valence-electron chi connectivity index (χ0n) is 9.61. The van der Waals surface area contributed by atoms with E-state index in [1.807, 2.05) is 0 Å². The molecule has 1 aromatic rings. The number of hydrogen-bond acceptors (Lipinski definition) is 1. The SMILES string of the molecule is C[CH2][Al]([CH2]C)[O]CCc1ccccc1.Cl. The normalized spacial score (nSPS) is 9.47. The van der Waals surface area contributed by atoms with E-state index in [0.717, 1.165) is 13.0 Å². The Bertz CT molecular complexity index is 237. The first kappa shape index (κ1) is 15.0. The van der Waals surface area contributed by atoms with Gasteiger partial charge >= 0.3 is 14.5 Å². The lowest BCUT2D eigenvalue weighted by Crippen LogP contribution is -2.16. The van der Waals surface area contributed by atoms with Gasteiger partial charge in [0.2, 0.25) is 0 Å². The van der Waals surface area contributed by atoms with Gasteiger partial charge in [0, 0.05) is 6.61 Å². The van der Waals surface area contributed by atoms with E-state index >= 15 is 0 Å². The van der Waals surface area contributed by atoms with Crippen molar-refractivity contribution in [1.82, 2.24) is 0 Å². The average molecular weight is 243 g/mol. The van der Waals surface area contributed by atoms with E-state index in [-0.39, 0.29) is 12.4 Å². The van der Waals surface area contributed by atoms with E-state index in [9.17, 15) is 0 Å². The van der Waals surface area contributed by atoms with Gasteiger partial charge in [-0.25, -0.2) is 0 Å². The second-order valence-corrected chi connectivity index (χ2v) is 6.76. The minimum Gasteiger partial charge on any atom is -0.500 e. The largest absolute Gasteiger partial charge is 0.500 e. The van der Waals surface area contributed by atoms with Gasteiger partial charge in [0.25, 0.3) is 0 Å². The van der Waals surface area contributed by atoms with Crippen LogP contribution in [-0.2, 0) is 10.2 Å². The lowest BCUT2D eigenvalue weighted by molar-refractivity contribution is 0.324. The molecule has 0 atom stereocenters. The van der Waals surface area contributed by atoms with Crippen LogP contribution in [0.25, 0.3) is 0 Å². The lowest BCUT2D eigenvalue weighted by atomic mass is 10.2. The van der Waals surface area contributed by atoms with E-state index in [2.05, 4.69) is 44.2 Å². The fourth-order valence-corrected chi connectivity index (χ4v) is 3.01. The van der Waals surface area contributed by atoms with Crippen LogP contribution in [0.15, 0.2) is 30.3 Å². The van der Waals surface area contributed by atoms with Crippen LogP contribution >= 0.6 is 12.4 Å². The summed E-state index contributed by atoms with van der Waals surface area (Å²) in [7, 11) is 0. The maximum absolute atomic E-state index is 5.88. The fraction of sp³-hybridized carbons (Fsp3) is 0.500. The van der Waals surface area contributed by atoms with Crippen LogP contribution in [0.3, 0.4) is 0 Å². The molecule has 84 valence electrons. The predicted molar refractivity (Wildman–Crippen MR) is 70.1 cm³/mol. The Morgan fingerprint density at radius 3 is 2.20 bits per heavy atom. The molecule has 0 spiro atoms. The van der Waals surface area contributed by atoms with E-state index in [4.69, 9.17) is 3.79 Å². The molecule has 0 aliphatic heterocycles. The maximum Gasteiger partial charge on any atom is 0.460 e. The predicted octanol–water partition coefficient (Wildman–Crippen LogP) is 3.70. The van der Waals surface area contributed by atoms with Gasteiger partial charge in [0.1, 0.15) is 0 Å². The van der Waals surface area contributed by atoms with Crippen molar-refractivity contribution in [3.63, 3.8) is 0 Å². The van der Waals surface area contributed by atoms with Gasteiger partial charge < -0.3 is 3.79 Å². The molecule has 0 fully saturated rings. The standard InChI is InChI=1S/C8H9O.2C2H5.Al.ClH/c9-7-6-8-4-2-1-3-5-8;2*1-2;;/h1-5H,6-7H2;2*1H2,2H3;;1H/q-1;;;+1;. The third-order valence-corrected chi connectivity index (χ3v) is 5.03. The Morgan fingerprint density at radius 2 is 1.67 bits per heavy atom. The molecular formula is C12H20AlClO. The number of hydrogen-bond donors (Lipinski definition) is 0. The van der Waals surface area contributed by atoms with Crippen LogP contribution in [0.4, 0.5) is 0 Å². The number of benzene rings is 1. The van der Waals surface area contributed by atoms with Crippen molar-refractivity contribution in [3.8, 4) is 0 Å². The van der Waals surface area contributed by atoms with Gasteiger partial charge in [-0.05, 0) is 12.0 Å². The van der Waals surface area contributed by atoms with Crippen molar-refractivity contribution in [3.05, 3.63) is 35.9 Å². The summed E-state index contributed by atoms with van der Waals surface area (Å²) in [6.45, 7) is 5.38. The molecule has 15 heavy (non-hydrogen) atoms. The molecule has 3 heteroatoms. The Kier molecular flexibility index (Phi) is 9.25. The smallest absolute Gasteiger partial charge is 0.460 e. The van der Waals surface area contributed by atoms with Crippen LogP contribution in [0.5, 0.6) is 0 Å². The van der Waals surface area contributed by atoms with E-state index in [0.29, 0.717) is 0 Å². The van der Waals surface area contributed by atoms with Crippen molar-refractivity contribution < 1.29 is 3.79 Å². The first-order chi connectivity index (χ1) is 6.86. The summed E-state index contributed by atoms with van der Waals surface area (Å²) < 4.78 is 5.88. The molecule has 0 aromatic heterocycles. The van der Waals surface area contributed by atoms with Gasteiger partial charge in [-0.3, -0.25) is 0 Å². The highest BCUT2D eigenvalue weighted by molar-refractivity contribution is 6.51. The van der Waals surface area contributed by atoms with Crippen LogP contribution in [-0.4, -0.2) is 21.1 Å². The molecule has 0 unspecified atom stereocenters. The summed E-state index contributed by atoms with van der Waals surface area (Å²) >= 11 is -0.833. The zero-order valence-corrected chi connectivity index (χ0v) is 11.6. The molecule has 1 rings (SSSR count). The van der Waals surface area contributed by atoms with Gasteiger partial charge in [-0.2, -0.15) is 0 Å². The van der Waals surface area contributed by atoms with Crippen molar-refractivity contribution in [2.24, 2.45) is 0 Å². The van der Waals surface area contributed by atoms with Gasteiger partial charge in [-0.1, -0.05) is 54.7 Å². The van der Waals surface area contributed by atoms with Crippen LogP contribution in [0.2, 0.25) is 10.6 Å². The summed E-state index contributed by atoms with van der Waals surface area (Å²) in [5.41, 5.74) is 1.38. The lowest BCUT2D eigenvalue weighted by Gasteiger charge is -2.09. The molecule has 0 heterocycles. The third kappa shape index (κ3) is 6.22. The maximum atomic E-state index is 5.88. The first-order valence-electron chi connectivity index (χ1n) is 5.52. The van der Waals surface area contributed by atoms with Crippen molar-refractivity contribution in [2.45, 2.75) is 30.8 Å². The third-order valence-electron chi connectivity index (χ3n) is 2.50. The highest BCUT2D eigenvalue weighted by Crippen LogP contribution is 2.03. The van der Waals surface area contributed by atoms with Crippen molar-refractivity contribution in [1.29, 1.82) is 0 Å². The molecule has 1 aromatic carbocycles. The number of rotatable bonds is 6. The second-order valence-electron chi connectivity index (χ2n) is 3.54. The van der Waals surface area contributed by atoms with E-state index in [1.54, 1.807) is 0 Å². The molecule has 0 bridgehead atoms. The van der Waals surface area contributed by atoms with Crippen molar-refractivity contribution in [2.75, 3.05) is 6.61 Å². The van der Waals surface area contributed by atoms with Gasteiger partial charge in [0.15, 0.2) is 0 Å². The summed E-state index contributed by atoms with van der Waals surface area (Å²) in [6.07, 6.45) is 1.06. The van der Waals surface area contributed by atoms with Crippen LogP contribution in [0, 0.1) is 0 Å². The molecule has 0 saturated heterocycles. The Labute approximate surface area is 104 Å². The first-order valence-corrected chi connectivity index (χ1v) is 7.62. The van der Waals surface area contributed by atoms with Gasteiger partial charge in [0.05, 0.1) is 0 Å². The molecule has 0 saturated carbocycles. The highest BCUT2D eigenvalue weighted by atomic mass is 35.5. The Balaban J connectivity index is 0.00000196. The summed E-state index contributed by atoms with van der Waals surface area (Å²) in [5, 5.41) is 2.51. The molecule has 0 radical (unpaired) electrons. The number of halogens is 1. The molecule has 0 aliphatic carbocycles. The minimum absolute atomic E-state index is 0. The monoisotopic (exact) mass is 242 g/mol. The van der Waals surface area contributed by atoms with Gasteiger partial charge in [-0.15, -0.1) is 12.4 Å². The molecule has 0 N–H and O–H groups in total.